The minimum Gasteiger partial charge on any atom is -0.412 e. The molecule has 1 aliphatic heterocycles. The summed E-state index contributed by atoms with van der Waals surface area (Å²) in [6, 6.07) is 0. The van der Waals surface area contributed by atoms with Crippen molar-refractivity contribution in [1.82, 2.24) is 4.90 Å². The van der Waals surface area contributed by atoms with Crippen LogP contribution in [0.2, 0.25) is 0 Å². The number of likely N-dealkylation sites (tertiary alicyclic amines) is 1. The zero-order valence-electron chi connectivity index (χ0n) is 14.2. The van der Waals surface area contributed by atoms with Crippen LogP contribution in [0.1, 0.15) is 48.0 Å². The van der Waals surface area contributed by atoms with E-state index in [-0.39, 0.29) is 44.2 Å². The third kappa shape index (κ3) is 8.73. The molecular formula is C16H29NO3W. The summed E-state index contributed by atoms with van der Waals surface area (Å²) in [5.41, 5.74) is -0.158. The standard InChI is InChI=1S/C12H20NO3.C4H9.W/c1-5-16-7-6-13-10(14)8-9(11(13)15)12(2,3)4;1-4(2)3;/h9H,1,5-8H2,2-4H3;1-3H3;/q2*-1;+2. The first-order valence-corrected chi connectivity index (χ1v) is 7.09. The Morgan fingerprint density at radius 1 is 1.29 bits per heavy atom. The van der Waals surface area contributed by atoms with Crippen LogP contribution in [0.5, 0.6) is 0 Å². The number of carbonyl (C=O) groups is 2. The topological polar surface area (TPSA) is 46.6 Å². The van der Waals surface area contributed by atoms with E-state index in [0.29, 0.717) is 26.2 Å². The number of hydrogen-bond donors (Lipinski definition) is 0. The summed E-state index contributed by atoms with van der Waals surface area (Å²) in [5.74, 6) is 1.07. The van der Waals surface area contributed by atoms with Crippen LogP contribution in [-0.2, 0) is 35.4 Å². The van der Waals surface area contributed by atoms with Gasteiger partial charge in [0, 0.05) is 6.42 Å². The predicted octanol–water partition coefficient (Wildman–Crippen LogP) is 2.88. The molecule has 4 nitrogen and oxygen atoms in total. The van der Waals surface area contributed by atoms with Gasteiger partial charge < -0.3 is 17.6 Å². The number of imide groups is 1. The largest absolute Gasteiger partial charge is 2.00 e. The Morgan fingerprint density at radius 2 is 1.76 bits per heavy atom. The summed E-state index contributed by atoms with van der Waals surface area (Å²) in [5, 5.41) is 0. The van der Waals surface area contributed by atoms with Gasteiger partial charge in [-0.05, 0) is 5.41 Å². The van der Waals surface area contributed by atoms with Gasteiger partial charge in [-0.2, -0.15) is 20.8 Å². The minimum absolute atomic E-state index is 0. The van der Waals surface area contributed by atoms with E-state index in [4.69, 9.17) is 4.74 Å². The molecule has 1 fully saturated rings. The van der Waals surface area contributed by atoms with Crippen LogP contribution < -0.4 is 0 Å². The van der Waals surface area contributed by atoms with Crippen LogP contribution in [0.15, 0.2) is 0 Å². The quantitative estimate of drug-likeness (QED) is 0.363. The maximum atomic E-state index is 12.0. The van der Waals surface area contributed by atoms with Gasteiger partial charge in [0.2, 0.25) is 11.8 Å². The summed E-state index contributed by atoms with van der Waals surface area (Å²) in [4.78, 5) is 25.0. The van der Waals surface area contributed by atoms with Crippen molar-refractivity contribution in [1.29, 1.82) is 0 Å². The number of amides is 2. The fourth-order valence-electron chi connectivity index (χ4n) is 1.85. The monoisotopic (exact) mass is 467 g/mol. The van der Waals surface area contributed by atoms with Crippen LogP contribution in [0, 0.1) is 24.2 Å². The predicted molar refractivity (Wildman–Crippen MR) is 80.7 cm³/mol. The Morgan fingerprint density at radius 3 is 2.10 bits per heavy atom. The first-order chi connectivity index (χ1) is 9.11. The van der Waals surface area contributed by atoms with E-state index in [1.54, 1.807) is 0 Å². The van der Waals surface area contributed by atoms with Crippen LogP contribution in [-0.4, -0.2) is 36.5 Å². The maximum Gasteiger partial charge on any atom is 2.00 e. The Balaban J connectivity index is 0. The second kappa shape index (κ2) is 10.5. The molecule has 1 saturated heterocycles. The Kier molecular flexibility index (Phi) is 11.5. The molecule has 1 rings (SSSR count). The van der Waals surface area contributed by atoms with Gasteiger partial charge >= 0.3 is 21.1 Å². The van der Waals surface area contributed by atoms with E-state index in [2.05, 4.69) is 27.7 Å². The molecule has 21 heavy (non-hydrogen) atoms. The summed E-state index contributed by atoms with van der Waals surface area (Å²) < 4.78 is 5.06. The summed E-state index contributed by atoms with van der Waals surface area (Å²) in [6.45, 7) is 16.8. The molecule has 0 aromatic carbocycles. The first kappa shape index (κ1) is 23.1. The maximum absolute atomic E-state index is 12.0. The second-order valence-electron chi connectivity index (χ2n) is 6.62. The smallest absolute Gasteiger partial charge is 0.412 e. The molecule has 0 aromatic rings. The van der Waals surface area contributed by atoms with Crippen molar-refractivity contribution in [2.24, 2.45) is 11.3 Å². The molecule has 0 aromatic heterocycles. The van der Waals surface area contributed by atoms with Gasteiger partial charge in [0.1, 0.15) is 0 Å². The van der Waals surface area contributed by atoms with Crippen molar-refractivity contribution in [3.05, 3.63) is 12.8 Å². The molecule has 0 aliphatic carbocycles. The van der Waals surface area contributed by atoms with Crippen molar-refractivity contribution >= 4 is 11.8 Å². The molecule has 0 radical (unpaired) electrons. The fraction of sp³-hybridized carbons (Fsp3) is 0.750. The number of nitrogens with zero attached hydrogens (tertiary/aromatic N) is 1. The Bertz CT molecular complexity index is 321. The number of carbonyl (C=O) groups excluding carboxylic acids is 2. The number of rotatable bonds is 4. The van der Waals surface area contributed by atoms with Gasteiger partial charge in [-0.1, -0.05) is 27.4 Å². The molecule has 0 N–H and O–H groups in total. The van der Waals surface area contributed by atoms with Crippen molar-refractivity contribution in [2.45, 2.75) is 48.0 Å². The van der Waals surface area contributed by atoms with Gasteiger partial charge in [-0.25, -0.2) is 0 Å². The molecule has 122 valence electrons. The van der Waals surface area contributed by atoms with Crippen LogP contribution >= 0.6 is 0 Å². The number of ether oxygens (including phenoxy) is 1. The molecule has 0 spiro atoms. The van der Waals surface area contributed by atoms with E-state index in [0.717, 1.165) is 0 Å². The average molecular weight is 467 g/mol. The van der Waals surface area contributed by atoms with E-state index in [9.17, 15) is 9.59 Å². The van der Waals surface area contributed by atoms with E-state index in [1.165, 1.54) is 10.8 Å². The summed E-state index contributed by atoms with van der Waals surface area (Å²) >= 11 is 0. The van der Waals surface area contributed by atoms with Crippen molar-refractivity contribution < 1.29 is 35.4 Å². The molecule has 5 heteroatoms. The first-order valence-electron chi connectivity index (χ1n) is 7.09. The molecule has 1 unspecified atom stereocenters. The SMILES string of the molecule is C[C-](C)C.[CH2-]COCCN1C(=O)CC(C(C)(C)C)C1=O.[W+2]. The third-order valence-corrected chi connectivity index (χ3v) is 2.89. The zero-order valence-corrected chi connectivity index (χ0v) is 17.1. The van der Waals surface area contributed by atoms with E-state index < -0.39 is 0 Å². The third-order valence-electron chi connectivity index (χ3n) is 2.89. The molecule has 0 saturated carbocycles. The van der Waals surface area contributed by atoms with Gasteiger partial charge in [0.15, 0.2) is 0 Å². The minimum atomic E-state index is -0.195. The average Bonchev–Trinajstić information content (AvgIpc) is 2.55. The Labute approximate surface area is 144 Å². The van der Waals surface area contributed by atoms with Crippen molar-refractivity contribution in [3.8, 4) is 0 Å². The molecule has 2 amide bonds. The van der Waals surface area contributed by atoms with Crippen molar-refractivity contribution in [3.63, 3.8) is 0 Å². The molecular weight excluding hydrogens is 438 g/mol. The van der Waals surface area contributed by atoms with Gasteiger partial charge in [0.05, 0.1) is 19.1 Å². The molecule has 0 bridgehead atoms. The normalized spacial score (nSPS) is 18.5. The van der Waals surface area contributed by atoms with Crippen LogP contribution in [0.25, 0.3) is 0 Å². The van der Waals surface area contributed by atoms with Crippen molar-refractivity contribution in [2.75, 3.05) is 19.8 Å². The Hall–Kier alpha value is -0.212. The summed E-state index contributed by atoms with van der Waals surface area (Å²) in [6.07, 6.45) is 0.326. The van der Waals surface area contributed by atoms with Gasteiger partial charge in [0.25, 0.3) is 0 Å². The van der Waals surface area contributed by atoms with Gasteiger partial charge in [-0.3, -0.25) is 14.5 Å². The fourth-order valence-corrected chi connectivity index (χ4v) is 1.85. The zero-order chi connectivity index (χ0) is 15.9. The van der Waals surface area contributed by atoms with E-state index in [1.807, 2.05) is 20.8 Å². The van der Waals surface area contributed by atoms with Crippen LogP contribution in [0.3, 0.4) is 0 Å². The van der Waals surface area contributed by atoms with E-state index >= 15 is 0 Å². The van der Waals surface area contributed by atoms with Gasteiger partial charge in [-0.15, -0.1) is 0 Å². The summed E-state index contributed by atoms with van der Waals surface area (Å²) in [7, 11) is 0. The molecule has 1 atom stereocenters. The second-order valence-corrected chi connectivity index (χ2v) is 6.62. The van der Waals surface area contributed by atoms with Crippen LogP contribution in [0.4, 0.5) is 0 Å². The molecule has 1 heterocycles. The molecule has 1 aliphatic rings. The number of hydrogen-bond acceptors (Lipinski definition) is 3.